The van der Waals surface area contributed by atoms with Crippen LogP contribution >= 0.6 is 8.58 Å². The molecule has 40 heavy (non-hydrogen) atoms. The SMILES string of the molecule is CCCCC(CC)COc1ccc(PC(=O)c2c(OC)cc(OC)cc2OC)c(OCC(CC)CCCC)c1.[Li]. The second kappa shape index (κ2) is 20.1. The fraction of sp³-hybridized carbons (Fsp3) is 0.594. The number of hydrogen-bond donors (Lipinski definition) is 0. The zero-order valence-corrected chi connectivity index (χ0v) is 27.1. The maximum absolute atomic E-state index is 13.6. The van der Waals surface area contributed by atoms with Crippen molar-refractivity contribution in [3.05, 3.63) is 35.9 Å². The summed E-state index contributed by atoms with van der Waals surface area (Å²) < 4.78 is 29.0. The Morgan fingerprint density at radius 1 is 0.725 bits per heavy atom. The van der Waals surface area contributed by atoms with Crippen LogP contribution < -0.4 is 29.0 Å². The Bertz CT molecular complexity index is 990. The Balaban J connectivity index is 0.00000800. The summed E-state index contributed by atoms with van der Waals surface area (Å²) in [5.74, 6) is 3.91. The third-order valence-corrected chi connectivity index (χ3v) is 8.35. The first-order valence-electron chi connectivity index (χ1n) is 14.4. The summed E-state index contributed by atoms with van der Waals surface area (Å²) in [6.07, 6.45) is 9.22. The van der Waals surface area contributed by atoms with Gasteiger partial charge in [-0.1, -0.05) is 66.2 Å². The van der Waals surface area contributed by atoms with Crippen molar-refractivity contribution in [2.45, 2.75) is 79.1 Å². The van der Waals surface area contributed by atoms with Gasteiger partial charge in [0.05, 0.1) is 34.5 Å². The number of unbranched alkanes of at least 4 members (excludes halogenated alkanes) is 2. The summed E-state index contributed by atoms with van der Waals surface area (Å²) in [5, 5.41) is 0.843. The summed E-state index contributed by atoms with van der Waals surface area (Å²) in [6, 6.07) is 9.28. The molecule has 0 amide bonds. The van der Waals surface area contributed by atoms with Gasteiger partial charge < -0.3 is 23.7 Å². The third kappa shape index (κ3) is 11.2. The van der Waals surface area contributed by atoms with E-state index in [1.54, 1.807) is 33.5 Å². The normalized spacial score (nSPS) is 12.5. The van der Waals surface area contributed by atoms with E-state index in [1.807, 2.05) is 18.2 Å². The first-order chi connectivity index (χ1) is 18.9. The second-order valence-corrected chi connectivity index (χ2v) is 11.2. The molecule has 3 atom stereocenters. The van der Waals surface area contributed by atoms with E-state index in [1.165, 1.54) is 32.1 Å². The van der Waals surface area contributed by atoms with Crippen molar-refractivity contribution < 1.29 is 28.5 Å². The van der Waals surface area contributed by atoms with E-state index in [2.05, 4.69) is 27.7 Å². The molecule has 0 heterocycles. The molecule has 2 aromatic rings. The zero-order valence-electron chi connectivity index (χ0n) is 26.1. The minimum Gasteiger partial charge on any atom is -0.496 e. The molecule has 0 spiro atoms. The van der Waals surface area contributed by atoms with Gasteiger partial charge in [0.1, 0.15) is 34.3 Å². The minimum absolute atomic E-state index is 0. The van der Waals surface area contributed by atoms with Gasteiger partial charge in [-0.3, -0.25) is 4.79 Å². The van der Waals surface area contributed by atoms with E-state index >= 15 is 0 Å². The average Bonchev–Trinajstić information content (AvgIpc) is 2.97. The first-order valence-corrected chi connectivity index (χ1v) is 15.4. The van der Waals surface area contributed by atoms with Crippen molar-refractivity contribution >= 4 is 38.3 Å². The molecule has 3 unspecified atom stereocenters. The Labute approximate surface area is 256 Å². The molecule has 8 heteroatoms. The molecule has 2 rings (SSSR count). The van der Waals surface area contributed by atoms with Crippen LogP contribution in [0.2, 0.25) is 0 Å². The molecule has 2 aromatic carbocycles. The van der Waals surface area contributed by atoms with Crippen LogP contribution in [0.25, 0.3) is 0 Å². The third-order valence-electron chi connectivity index (χ3n) is 7.19. The summed E-state index contributed by atoms with van der Waals surface area (Å²) in [6.45, 7) is 10.2. The fourth-order valence-electron chi connectivity index (χ4n) is 4.45. The van der Waals surface area contributed by atoms with Crippen LogP contribution in [0.3, 0.4) is 0 Å². The van der Waals surface area contributed by atoms with Gasteiger partial charge in [-0.2, -0.15) is 0 Å². The number of carbonyl (C=O) groups is 1. The Morgan fingerprint density at radius 3 is 1.73 bits per heavy atom. The number of methoxy groups -OCH3 is 3. The van der Waals surface area contributed by atoms with Crippen LogP contribution in [0.15, 0.2) is 30.3 Å². The molecule has 0 saturated carbocycles. The van der Waals surface area contributed by atoms with Gasteiger partial charge >= 0.3 is 0 Å². The van der Waals surface area contributed by atoms with E-state index in [0.29, 0.717) is 53.6 Å². The quantitative estimate of drug-likeness (QED) is 0.121. The fourth-order valence-corrected chi connectivity index (χ4v) is 5.50. The molecule has 219 valence electrons. The van der Waals surface area contributed by atoms with Gasteiger partial charge in [0.2, 0.25) is 0 Å². The van der Waals surface area contributed by atoms with Crippen molar-refractivity contribution in [1.29, 1.82) is 0 Å². The van der Waals surface area contributed by atoms with Gasteiger partial charge in [0.25, 0.3) is 0 Å². The first kappa shape index (κ1) is 36.2. The average molecular weight is 568 g/mol. The van der Waals surface area contributed by atoms with Crippen LogP contribution in [0.5, 0.6) is 28.7 Å². The van der Waals surface area contributed by atoms with Gasteiger partial charge in [0.15, 0.2) is 5.52 Å². The summed E-state index contributed by atoms with van der Waals surface area (Å²) in [7, 11) is 4.48. The van der Waals surface area contributed by atoms with Crippen LogP contribution in [-0.2, 0) is 0 Å². The molecular weight excluding hydrogens is 518 g/mol. The summed E-state index contributed by atoms with van der Waals surface area (Å²) >= 11 is 0. The standard InChI is InChI=1S/C32H49O6P.Li/c1-8-12-14-23(10-3)21-37-25-16-17-30(27(18-25)38-22-24(11-4)15-13-9-2)39-32(33)31-28(35-6)19-26(34-5)20-29(31)36-7;/h16-20,23-24,39H,8-15,21-22H2,1-7H3;. The summed E-state index contributed by atoms with van der Waals surface area (Å²) in [4.78, 5) is 13.6. The van der Waals surface area contributed by atoms with Gasteiger partial charge in [-0.15, -0.1) is 0 Å². The van der Waals surface area contributed by atoms with Crippen molar-refractivity contribution in [3.63, 3.8) is 0 Å². The monoisotopic (exact) mass is 567 g/mol. The van der Waals surface area contributed by atoms with E-state index < -0.39 is 0 Å². The van der Waals surface area contributed by atoms with Gasteiger partial charge in [-0.05, 0) is 45.4 Å². The maximum Gasteiger partial charge on any atom is 0.193 e. The summed E-state index contributed by atoms with van der Waals surface area (Å²) in [5.41, 5.74) is 0.315. The number of ether oxygens (including phenoxy) is 5. The molecule has 0 saturated heterocycles. The molecule has 0 bridgehead atoms. The van der Waals surface area contributed by atoms with Crippen LogP contribution in [0.4, 0.5) is 0 Å². The molecule has 1 radical (unpaired) electrons. The van der Waals surface area contributed by atoms with Crippen LogP contribution in [0.1, 0.15) is 89.4 Å². The Morgan fingerprint density at radius 2 is 1.25 bits per heavy atom. The maximum atomic E-state index is 13.6. The number of benzene rings is 2. The Hall–Kier alpha value is -1.86. The zero-order chi connectivity index (χ0) is 28.6. The van der Waals surface area contributed by atoms with Crippen molar-refractivity contribution in [2.24, 2.45) is 11.8 Å². The molecule has 0 N–H and O–H groups in total. The Kier molecular flexibility index (Phi) is 18.2. The second-order valence-electron chi connectivity index (χ2n) is 9.97. The molecule has 0 aliphatic rings. The van der Waals surface area contributed by atoms with Crippen molar-refractivity contribution in [3.8, 4) is 28.7 Å². The number of carbonyl (C=O) groups excluding carboxylic acids is 1. The van der Waals surface area contributed by atoms with E-state index in [0.717, 1.165) is 30.3 Å². The van der Waals surface area contributed by atoms with E-state index in [4.69, 9.17) is 23.7 Å². The van der Waals surface area contributed by atoms with Crippen LogP contribution in [-0.4, -0.2) is 58.9 Å². The molecule has 0 aliphatic heterocycles. The van der Waals surface area contributed by atoms with Gasteiger partial charge in [0, 0.05) is 42.4 Å². The van der Waals surface area contributed by atoms with E-state index in [9.17, 15) is 4.79 Å². The predicted molar refractivity (Wildman–Crippen MR) is 168 cm³/mol. The predicted octanol–water partition coefficient (Wildman–Crippen LogP) is 7.67. The smallest absolute Gasteiger partial charge is 0.193 e. The molecule has 0 aromatic heterocycles. The van der Waals surface area contributed by atoms with Crippen molar-refractivity contribution in [2.75, 3.05) is 34.5 Å². The van der Waals surface area contributed by atoms with Crippen LogP contribution in [0, 0.1) is 11.8 Å². The number of hydrogen-bond acceptors (Lipinski definition) is 6. The van der Waals surface area contributed by atoms with Crippen molar-refractivity contribution in [1.82, 2.24) is 0 Å². The molecule has 0 aliphatic carbocycles. The largest absolute Gasteiger partial charge is 0.496 e. The molecule has 0 fully saturated rings. The topological polar surface area (TPSA) is 63.2 Å². The number of rotatable bonds is 20. The van der Waals surface area contributed by atoms with E-state index in [-0.39, 0.29) is 33.0 Å². The minimum atomic E-state index is -0.171. The molecular formula is C32H49LiO6P. The van der Waals surface area contributed by atoms with Gasteiger partial charge in [-0.25, -0.2) is 0 Å². The molecule has 6 nitrogen and oxygen atoms in total.